The zero-order valence-electron chi connectivity index (χ0n) is 7.27. The minimum absolute atomic E-state index is 0.214. The summed E-state index contributed by atoms with van der Waals surface area (Å²) < 4.78 is 0. The number of hydrogen-bond donors (Lipinski definition) is 1. The fraction of sp³-hybridized carbons (Fsp3) is 0.556. The van der Waals surface area contributed by atoms with Crippen LogP contribution in [0.5, 0.6) is 0 Å². The number of aliphatic hydroxyl groups is 1. The molecule has 0 aliphatic carbocycles. The molecule has 3 nitrogen and oxygen atoms in total. The molecule has 0 aromatic carbocycles. The molecule has 1 aromatic heterocycles. The van der Waals surface area contributed by atoms with Crippen LogP contribution in [0.15, 0.2) is 18.5 Å². The van der Waals surface area contributed by atoms with Gasteiger partial charge in [-0.3, -0.25) is 0 Å². The van der Waals surface area contributed by atoms with Crippen LogP contribution in [0.25, 0.3) is 0 Å². The van der Waals surface area contributed by atoms with Crippen molar-refractivity contribution in [1.29, 1.82) is 0 Å². The van der Waals surface area contributed by atoms with E-state index < -0.39 is 0 Å². The SMILES string of the molecule is CCC(O)CCc1ncccn1. The monoisotopic (exact) mass is 166 g/mol. The number of rotatable bonds is 4. The van der Waals surface area contributed by atoms with Crippen LogP contribution in [-0.2, 0) is 6.42 Å². The second-order valence-electron chi connectivity index (χ2n) is 2.77. The molecule has 3 heteroatoms. The average molecular weight is 166 g/mol. The molecule has 0 spiro atoms. The van der Waals surface area contributed by atoms with Gasteiger partial charge < -0.3 is 5.11 Å². The van der Waals surface area contributed by atoms with E-state index in [0.717, 1.165) is 25.1 Å². The number of aryl methyl sites for hydroxylation is 1. The van der Waals surface area contributed by atoms with Crippen LogP contribution in [-0.4, -0.2) is 21.2 Å². The van der Waals surface area contributed by atoms with Gasteiger partial charge in [0.15, 0.2) is 0 Å². The second-order valence-corrected chi connectivity index (χ2v) is 2.77. The zero-order valence-corrected chi connectivity index (χ0v) is 7.27. The molecule has 0 aliphatic rings. The number of hydrogen-bond acceptors (Lipinski definition) is 3. The maximum Gasteiger partial charge on any atom is 0.128 e. The molecule has 0 radical (unpaired) electrons. The molecule has 0 saturated carbocycles. The molecule has 1 unspecified atom stereocenters. The van der Waals surface area contributed by atoms with Gasteiger partial charge >= 0.3 is 0 Å². The molecule has 1 atom stereocenters. The first-order valence-electron chi connectivity index (χ1n) is 4.27. The Hall–Kier alpha value is -0.960. The molecule has 0 bridgehead atoms. The van der Waals surface area contributed by atoms with Crippen LogP contribution < -0.4 is 0 Å². The zero-order chi connectivity index (χ0) is 8.81. The summed E-state index contributed by atoms with van der Waals surface area (Å²) in [5, 5.41) is 9.26. The normalized spacial score (nSPS) is 12.8. The van der Waals surface area contributed by atoms with Crippen molar-refractivity contribution in [2.75, 3.05) is 0 Å². The highest BCUT2D eigenvalue weighted by Crippen LogP contribution is 2.01. The van der Waals surface area contributed by atoms with Crippen molar-refractivity contribution in [2.24, 2.45) is 0 Å². The van der Waals surface area contributed by atoms with Crippen LogP contribution in [0.2, 0.25) is 0 Å². The van der Waals surface area contributed by atoms with E-state index in [1.807, 2.05) is 6.92 Å². The Labute approximate surface area is 72.5 Å². The van der Waals surface area contributed by atoms with Crippen LogP contribution in [0.3, 0.4) is 0 Å². The summed E-state index contributed by atoms with van der Waals surface area (Å²) in [5.41, 5.74) is 0. The van der Waals surface area contributed by atoms with E-state index in [1.165, 1.54) is 0 Å². The molecule has 0 fully saturated rings. The van der Waals surface area contributed by atoms with Crippen LogP contribution >= 0.6 is 0 Å². The van der Waals surface area contributed by atoms with Gasteiger partial charge in [0.1, 0.15) is 5.82 Å². The van der Waals surface area contributed by atoms with Gasteiger partial charge in [-0.1, -0.05) is 6.92 Å². The summed E-state index contributed by atoms with van der Waals surface area (Å²) in [5.74, 6) is 0.810. The third kappa shape index (κ3) is 2.96. The molecule has 1 rings (SSSR count). The lowest BCUT2D eigenvalue weighted by molar-refractivity contribution is 0.160. The van der Waals surface area contributed by atoms with Gasteiger partial charge in [-0.05, 0) is 18.9 Å². The Balaban J connectivity index is 2.33. The van der Waals surface area contributed by atoms with Crippen molar-refractivity contribution in [1.82, 2.24) is 9.97 Å². The van der Waals surface area contributed by atoms with Gasteiger partial charge in [0, 0.05) is 18.8 Å². The Morgan fingerprint density at radius 3 is 2.67 bits per heavy atom. The highest BCUT2D eigenvalue weighted by atomic mass is 16.3. The van der Waals surface area contributed by atoms with Crippen molar-refractivity contribution < 1.29 is 5.11 Å². The summed E-state index contributed by atoms with van der Waals surface area (Å²) >= 11 is 0. The van der Waals surface area contributed by atoms with Gasteiger partial charge in [0.25, 0.3) is 0 Å². The first kappa shape index (κ1) is 9.13. The Kier molecular flexibility index (Phi) is 3.67. The topological polar surface area (TPSA) is 46.0 Å². The van der Waals surface area contributed by atoms with Gasteiger partial charge in [0.05, 0.1) is 6.10 Å². The maximum atomic E-state index is 9.26. The van der Waals surface area contributed by atoms with E-state index in [0.29, 0.717) is 0 Å². The van der Waals surface area contributed by atoms with E-state index in [4.69, 9.17) is 0 Å². The smallest absolute Gasteiger partial charge is 0.128 e. The number of nitrogens with zero attached hydrogens (tertiary/aromatic N) is 2. The second kappa shape index (κ2) is 4.83. The van der Waals surface area contributed by atoms with Gasteiger partial charge in [-0.25, -0.2) is 9.97 Å². The van der Waals surface area contributed by atoms with E-state index in [9.17, 15) is 5.11 Å². The maximum absolute atomic E-state index is 9.26. The lowest BCUT2D eigenvalue weighted by Gasteiger charge is -2.05. The predicted molar refractivity (Wildman–Crippen MR) is 46.7 cm³/mol. The largest absolute Gasteiger partial charge is 0.393 e. The van der Waals surface area contributed by atoms with Crippen molar-refractivity contribution >= 4 is 0 Å². The molecule has 0 saturated heterocycles. The molecule has 0 amide bonds. The van der Waals surface area contributed by atoms with E-state index in [-0.39, 0.29) is 6.10 Å². The van der Waals surface area contributed by atoms with Crippen LogP contribution in [0.4, 0.5) is 0 Å². The van der Waals surface area contributed by atoms with E-state index in [1.54, 1.807) is 18.5 Å². The summed E-state index contributed by atoms with van der Waals surface area (Å²) in [6.07, 6.45) is 5.54. The van der Waals surface area contributed by atoms with Crippen LogP contribution in [0, 0.1) is 0 Å². The van der Waals surface area contributed by atoms with Crippen molar-refractivity contribution in [2.45, 2.75) is 32.3 Å². The first-order valence-corrected chi connectivity index (χ1v) is 4.27. The quantitative estimate of drug-likeness (QED) is 0.730. The Bertz CT molecular complexity index is 213. The van der Waals surface area contributed by atoms with E-state index in [2.05, 4.69) is 9.97 Å². The molecular weight excluding hydrogens is 152 g/mol. The predicted octanol–water partition coefficient (Wildman–Crippen LogP) is 1.18. The van der Waals surface area contributed by atoms with Crippen molar-refractivity contribution in [3.63, 3.8) is 0 Å². The minimum atomic E-state index is -0.214. The van der Waals surface area contributed by atoms with Crippen LogP contribution in [0.1, 0.15) is 25.6 Å². The van der Waals surface area contributed by atoms with Gasteiger partial charge in [-0.2, -0.15) is 0 Å². The average Bonchev–Trinajstić information content (AvgIpc) is 2.16. The summed E-state index contributed by atoms with van der Waals surface area (Å²) in [6, 6.07) is 1.79. The Morgan fingerprint density at radius 1 is 1.42 bits per heavy atom. The van der Waals surface area contributed by atoms with Gasteiger partial charge in [-0.15, -0.1) is 0 Å². The fourth-order valence-corrected chi connectivity index (χ4v) is 0.959. The third-order valence-corrected chi connectivity index (χ3v) is 1.79. The molecule has 0 aliphatic heterocycles. The minimum Gasteiger partial charge on any atom is -0.393 e. The molecular formula is C9H14N2O. The fourth-order valence-electron chi connectivity index (χ4n) is 0.959. The molecule has 12 heavy (non-hydrogen) atoms. The van der Waals surface area contributed by atoms with Gasteiger partial charge in [0.2, 0.25) is 0 Å². The molecule has 1 aromatic rings. The highest BCUT2D eigenvalue weighted by Gasteiger charge is 2.01. The number of aliphatic hydroxyl groups excluding tert-OH is 1. The first-order chi connectivity index (χ1) is 5.83. The lowest BCUT2D eigenvalue weighted by atomic mass is 10.1. The number of aromatic nitrogens is 2. The molecule has 66 valence electrons. The standard InChI is InChI=1S/C9H14N2O/c1-2-8(12)4-5-9-10-6-3-7-11-9/h3,6-8,12H,2,4-5H2,1H3. The lowest BCUT2D eigenvalue weighted by Crippen LogP contribution is -2.07. The Morgan fingerprint density at radius 2 is 2.08 bits per heavy atom. The summed E-state index contributed by atoms with van der Waals surface area (Å²) in [4.78, 5) is 8.13. The summed E-state index contributed by atoms with van der Waals surface area (Å²) in [6.45, 7) is 1.97. The molecule has 1 heterocycles. The van der Waals surface area contributed by atoms with Crippen molar-refractivity contribution in [3.05, 3.63) is 24.3 Å². The van der Waals surface area contributed by atoms with Crippen molar-refractivity contribution in [3.8, 4) is 0 Å². The summed E-state index contributed by atoms with van der Waals surface area (Å²) in [7, 11) is 0. The molecule has 1 N–H and O–H groups in total. The third-order valence-electron chi connectivity index (χ3n) is 1.79. The van der Waals surface area contributed by atoms with E-state index >= 15 is 0 Å². The highest BCUT2D eigenvalue weighted by molar-refractivity contribution is 4.88.